The number of hydrogen-bond acceptors (Lipinski definition) is 6. The minimum absolute atomic E-state index is 0. The monoisotopic (exact) mass is 270 g/mol. The van der Waals surface area contributed by atoms with Gasteiger partial charge in [-0.25, -0.2) is 0 Å². The van der Waals surface area contributed by atoms with Gasteiger partial charge in [-0.3, -0.25) is 4.79 Å². The summed E-state index contributed by atoms with van der Waals surface area (Å²) in [4.78, 5) is 10.5. The van der Waals surface area contributed by atoms with Crippen LogP contribution in [0.1, 0.15) is 0 Å². The summed E-state index contributed by atoms with van der Waals surface area (Å²) in [7, 11) is 0. The third kappa shape index (κ3) is 4.95. The first-order valence-corrected chi connectivity index (χ1v) is 3.33. The summed E-state index contributed by atoms with van der Waals surface area (Å²) >= 11 is 0. The Morgan fingerprint density at radius 2 is 1.62 bits per heavy atom. The van der Waals surface area contributed by atoms with Gasteiger partial charge in [0.15, 0.2) is 5.78 Å². The SMILES string of the molecule is O=C(CO)[C@H](O)[C@@H](O)[C@H](O)CO.[Zr]. The topological polar surface area (TPSA) is 118 Å². The Morgan fingerprint density at radius 3 is 1.92 bits per heavy atom. The van der Waals surface area contributed by atoms with E-state index >= 15 is 0 Å². The van der Waals surface area contributed by atoms with Crippen molar-refractivity contribution in [2.24, 2.45) is 0 Å². The van der Waals surface area contributed by atoms with E-state index in [9.17, 15) is 4.79 Å². The third-order valence-corrected chi connectivity index (χ3v) is 1.39. The molecule has 13 heavy (non-hydrogen) atoms. The Bertz CT molecular complexity index is 152. The normalized spacial score (nSPS) is 17.0. The van der Waals surface area contributed by atoms with Crippen LogP contribution in [0.3, 0.4) is 0 Å². The molecule has 0 bridgehead atoms. The number of carbonyl (C=O) groups excluding carboxylic acids is 1. The van der Waals surface area contributed by atoms with Gasteiger partial charge in [0.2, 0.25) is 0 Å². The Morgan fingerprint density at radius 1 is 1.15 bits per heavy atom. The third-order valence-electron chi connectivity index (χ3n) is 1.39. The molecule has 0 saturated carbocycles. The summed E-state index contributed by atoms with van der Waals surface area (Å²) in [5.74, 6) is -1.00. The Labute approximate surface area is 93.9 Å². The Kier molecular flexibility index (Phi) is 9.40. The van der Waals surface area contributed by atoms with Crippen molar-refractivity contribution in [1.82, 2.24) is 0 Å². The molecule has 0 aromatic heterocycles. The molecule has 6 nitrogen and oxygen atoms in total. The molecule has 0 heterocycles. The molecular weight excluding hydrogens is 259 g/mol. The van der Waals surface area contributed by atoms with E-state index in [0.717, 1.165) is 0 Å². The van der Waals surface area contributed by atoms with Gasteiger partial charge in [-0.15, -0.1) is 0 Å². The van der Waals surface area contributed by atoms with E-state index in [-0.39, 0.29) is 26.2 Å². The van der Waals surface area contributed by atoms with Gasteiger partial charge in [0.1, 0.15) is 24.9 Å². The molecule has 0 amide bonds. The van der Waals surface area contributed by atoms with Crippen LogP contribution in [-0.4, -0.2) is 62.8 Å². The molecular formula is C6H12O6Zr. The van der Waals surface area contributed by atoms with Crippen LogP contribution in [0.2, 0.25) is 0 Å². The Hall–Kier alpha value is 0.353. The predicted octanol–water partition coefficient (Wildman–Crippen LogP) is -3.38. The van der Waals surface area contributed by atoms with E-state index in [1.54, 1.807) is 0 Å². The van der Waals surface area contributed by atoms with Gasteiger partial charge in [-0.05, 0) is 0 Å². The molecule has 0 aromatic carbocycles. The summed E-state index contributed by atoms with van der Waals surface area (Å²) in [6.45, 7) is -1.69. The largest absolute Gasteiger partial charge is 0.394 e. The molecule has 0 fully saturated rings. The molecule has 0 unspecified atom stereocenters. The van der Waals surface area contributed by atoms with Gasteiger partial charge in [-0.2, -0.15) is 0 Å². The molecule has 0 aliphatic carbocycles. The number of aliphatic hydroxyl groups excluding tert-OH is 5. The molecule has 0 spiro atoms. The number of Topliss-reactive ketones (excluding diaryl/α,β-unsaturated/α-hetero) is 1. The van der Waals surface area contributed by atoms with Crippen LogP contribution < -0.4 is 0 Å². The maximum atomic E-state index is 10.5. The number of hydrogen-bond donors (Lipinski definition) is 5. The minimum Gasteiger partial charge on any atom is -0.394 e. The Balaban J connectivity index is 0. The van der Waals surface area contributed by atoms with Crippen LogP contribution in [-0.2, 0) is 31.0 Å². The second kappa shape index (κ2) is 7.73. The van der Waals surface area contributed by atoms with Gasteiger partial charge >= 0.3 is 0 Å². The average molecular weight is 271 g/mol. The number of aliphatic hydroxyl groups is 5. The number of rotatable bonds is 5. The molecule has 5 N–H and O–H groups in total. The molecule has 7 heteroatoms. The summed E-state index contributed by atoms with van der Waals surface area (Å²) in [6.07, 6.45) is -5.22. The first-order valence-electron chi connectivity index (χ1n) is 3.33. The van der Waals surface area contributed by atoms with Crippen molar-refractivity contribution in [2.45, 2.75) is 18.3 Å². The molecule has 0 saturated heterocycles. The van der Waals surface area contributed by atoms with Gasteiger partial charge in [0, 0.05) is 26.2 Å². The smallest absolute Gasteiger partial charge is 0.189 e. The first kappa shape index (κ1) is 15.8. The van der Waals surface area contributed by atoms with Gasteiger partial charge in [-0.1, -0.05) is 0 Å². The van der Waals surface area contributed by atoms with E-state index in [4.69, 9.17) is 25.5 Å². The van der Waals surface area contributed by atoms with E-state index in [1.165, 1.54) is 0 Å². The van der Waals surface area contributed by atoms with Crippen molar-refractivity contribution in [3.8, 4) is 0 Å². The maximum Gasteiger partial charge on any atom is 0.189 e. The molecule has 0 aromatic rings. The summed E-state index contributed by atoms with van der Waals surface area (Å²) in [5.41, 5.74) is 0. The standard InChI is InChI=1S/C6H12O6.Zr/c7-1-3(9)5(11)6(12)4(10)2-8;/h3,5-9,11-12H,1-2H2;/t3-,5+,6+;/m1./s1. The fourth-order valence-corrected chi connectivity index (χ4v) is 0.602. The van der Waals surface area contributed by atoms with Crippen molar-refractivity contribution >= 4 is 5.78 Å². The van der Waals surface area contributed by atoms with Crippen molar-refractivity contribution in [2.75, 3.05) is 13.2 Å². The zero-order valence-corrected chi connectivity index (χ0v) is 9.25. The van der Waals surface area contributed by atoms with Crippen molar-refractivity contribution in [3.63, 3.8) is 0 Å². The molecule has 3 atom stereocenters. The number of ketones is 1. The summed E-state index contributed by atoms with van der Waals surface area (Å²) in [6, 6.07) is 0. The zero-order valence-electron chi connectivity index (χ0n) is 6.79. The zero-order chi connectivity index (χ0) is 9.72. The first-order chi connectivity index (χ1) is 5.54. The predicted molar refractivity (Wildman–Crippen MR) is 37.2 cm³/mol. The van der Waals surface area contributed by atoms with Crippen molar-refractivity contribution in [3.05, 3.63) is 0 Å². The summed E-state index contributed by atoms with van der Waals surface area (Å²) in [5, 5.41) is 43.1. The fraction of sp³-hybridized carbons (Fsp3) is 0.833. The average Bonchev–Trinajstić information content (AvgIpc) is 2.12. The van der Waals surface area contributed by atoms with Crippen LogP contribution in [0.4, 0.5) is 0 Å². The van der Waals surface area contributed by atoms with Gasteiger partial charge in [0.25, 0.3) is 0 Å². The van der Waals surface area contributed by atoms with Gasteiger partial charge < -0.3 is 25.5 Å². The molecule has 0 radical (unpaired) electrons. The van der Waals surface area contributed by atoms with Crippen LogP contribution in [0, 0.1) is 0 Å². The summed E-state index contributed by atoms with van der Waals surface area (Å²) < 4.78 is 0. The molecule has 76 valence electrons. The van der Waals surface area contributed by atoms with Crippen LogP contribution in [0.15, 0.2) is 0 Å². The minimum atomic E-state index is -1.86. The van der Waals surface area contributed by atoms with E-state index < -0.39 is 37.3 Å². The number of carbonyl (C=O) groups is 1. The van der Waals surface area contributed by atoms with E-state index in [2.05, 4.69) is 0 Å². The molecule has 0 aliphatic heterocycles. The van der Waals surface area contributed by atoms with Gasteiger partial charge in [0.05, 0.1) is 6.61 Å². The maximum absolute atomic E-state index is 10.5. The van der Waals surface area contributed by atoms with Crippen LogP contribution in [0.25, 0.3) is 0 Å². The van der Waals surface area contributed by atoms with E-state index in [1.807, 2.05) is 0 Å². The molecule has 0 rings (SSSR count). The fourth-order valence-electron chi connectivity index (χ4n) is 0.602. The molecule has 0 aliphatic rings. The second-order valence-electron chi connectivity index (χ2n) is 2.31. The van der Waals surface area contributed by atoms with Crippen molar-refractivity contribution < 1.29 is 56.5 Å². The quantitative estimate of drug-likeness (QED) is 0.356. The van der Waals surface area contributed by atoms with Crippen LogP contribution in [0.5, 0.6) is 0 Å². The van der Waals surface area contributed by atoms with Crippen molar-refractivity contribution in [1.29, 1.82) is 0 Å². The van der Waals surface area contributed by atoms with E-state index in [0.29, 0.717) is 0 Å². The second-order valence-corrected chi connectivity index (χ2v) is 2.31. The van der Waals surface area contributed by atoms with Crippen LogP contribution >= 0.6 is 0 Å².